The first kappa shape index (κ1) is 17.3. The van der Waals surface area contributed by atoms with Gasteiger partial charge in [0.2, 0.25) is 5.91 Å². The maximum Gasteiger partial charge on any atom is 0.233 e. The van der Waals surface area contributed by atoms with E-state index in [1.54, 1.807) is 11.8 Å². The molecular formula is C16H27N3O2S. The van der Waals surface area contributed by atoms with E-state index in [0.29, 0.717) is 25.5 Å². The van der Waals surface area contributed by atoms with Gasteiger partial charge in [0.15, 0.2) is 0 Å². The molecule has 1 aromatic rings. The molecule has 0 aromatic carbocycles. The molecule has 0 saturated carbocycles. The molecule has 22 heavy (non-hydrogen) atoms. The molecule has 1 saturated heterocycles. The van der Waals surface area contributed by atoms with Gasteiger partial charge in [-0.1, -0.05) is 20.8 Å². The van der Waals surface area contributed by atoms with Gasteiger partial charge in [-0.15, -0.1) is 11.8 Å². The largest absolute Gasteiger partial charge is 0.377 e. The first-order chi connectivity index (χ1) is 10.2. The van der Waals surface area contributed by atoms with Gasteiger partial charge in [-0.05, 0) is 13.8 Å². The maximum atomic E-state index is 12.7. The van der Waals surface area contributed by atoms with Gasteiger partial charge in [0.25, 0.3) is 0 Å². The minimum absolute atomic E-state index is 0.0180. The number of carbonyl (C=O) groups excluding carboxylic acids is 1. The number of carbonyl (C=O) groups is 1. The van der Waals surface area contributed by atoms with Crippen LogP contribution in [0.2, 0.25) is 0 Å². The SMILES string of the molecule is Cc1nn(C)c(C)c1[C@H]1COCCN1C(=O)CSC(C)(C)C. The van der Waals surface area contributed by atoms with Crippen molar-refractivity contribution in [3.05, 3.63) is 17.0 Å². The van der Waals surface area contributed by atoms with E-state index in [2.05, 4.69) is 32.8 Å². The zero-order valence-corrected chi connectivity index (χ0v) is 15.3. The third kappa shape index (κ3) is 3.84. The topological polar surface area (TPSA) is 47.4 Å². The number of ether oxygens (including phenoxy) is 1. The first-order valence-electron chi connectivity index (χ1n) is 7.72. The van der Waals surface area contributed by atoms with Crippen LogP contribution < -0.4 is 0 Å². The van der Waals surface area contributed by atoms with Gasteiger partial charge >= 0.3 is 0 Å². The third-order valence-corrected chi connectivity index (χ3v) is 5.23. The van der Waals surface area contributed by atoms with E-state index < -0.39 is 0 Å². The number of morpholine rings is 1. The number of aryl methyl sites for hydroxylation is 2. The van der Waals surface area contributed by atoms with Crippen LogP contribution in [-0.2, 0) is 16.6 Å². The Bertz CT molecular complexity index is 548. The Morgan fingerprint density at radius 3 is 2.64 bits per heavy atom. The minimum Gasteiger partial charge on any atom is -0.377 e. The summed E-state index contributed by atoms with van der Waals surface area (Å²) in [6, 6.07) is -0.0180. The number of nitrogens with zero attached hydrogens (tertiary/aromatic N) is 3. The Morgan fingerprint density at radius 1 is 1.41 bits per heavy atom. The lowest BCUT2D eigenvalue weighted by molar-refractivity contribution is -0.137. The fourth-order valence-corrected chi connectivity index (χ4v) is 3.50. The highest BCUT2D eigenvalue weighted by Gasteiger charge is 2.32. The van der Waals surface area contributed by atoms with E-state index >= 15 is 0 Å². The van der Waals surface area contributed by atoms with Crippen molar-refractivity contribution in [1.82, 2.24) is 14.7 Å². The van der Waals surface area contributed by atoms with E-state index in [1.165, 1.54) is 0 Å². The summed E-state index contributed by atoms with van der Waals surface area (Å²) < 4.78 is 7.62. The summed E-state index contributed by atoms with van der Waals surface area (Å²) in [5.41, 5.74) is 3.22. The predicted molar refractivity (Wildman–Crippen MR) is 90.2 cm³/mol. The van der Waals surface area contributed by atoms with E-state index in [1.807, 2.05) is 23.6 Å². The van der Waals surface area contributed by atoms with Crippen LogP contribution in [0.25, 0.3) is 0 Å². The quantitative estimate of drug-likeness (QED) is 0.856. The van der Waals surface area contributed by atoms with Crippen LogP contribution in [0, 0.1) is 13.8 Å². The van der Waals surface area contributed by atoms with Crippen LogP contribution >= 0.6 is 11.8 Å². The molecule has 1 fully saturated rings. The molecule has 1 amide bonds. The smallest absolute Gasteiger partial charge is 0.233 e. The molecule has 0 spiro atoms. The van der Waals surface area contributed by atoms with Crippen molar-refractivity contribution in [1.29, 1.82) is 0 Å². The standard InChI is InChI=1S/C16H27N3O2S/c1-11-15(12(2)18(6)17-11)13-9-21-8-7-19(13)14(20)10-22-16(3,4)5/h13H,7-10H2,1-6H3/t13-/m1/s1. The van der Waals surface area contributed by atoms with Crippen molar-refractivity contribution in [2.24, 2.45) is 7.05 Å². The van der Waals surface area contributed by atoms with E-state index in [4.69, 9.17) is 4.74 Å². The molecule has 2 rings (SSSR count). The lowest BCUT2D eigenvalue weighted by Gasteiger charge is -2.36. The molecule has 1 aromatic heterocycles. The molecule has 124 valence electrons. The highest BCUT2D eigenvalue weighted by atomic mass is 32.2. The second kappa shape index (κ2) is 6.62. The molecule has 1 aliphatic rings. The Hall–Kier alpha value is -1.01. The van der Waals surface area contributed by atoms with Gasteiger partial charge in [-0.3, -0.25) is 9.48 Å². The van der Waals surface area contributed by atoms with Crippen molar-refractivity contribution in [3.63, 3.8) is 0 Å². The third-order valence-electron chi connectivity index (χ3n) is 3.98. The number of hydrogen-bond donors (Lipinski definition) is 0. The molecule has 0 bridgehead atoms. The Kier molecular flexibility index (Phi) is 5.22. The van der Waals surface area contributed by atoms with Gasteiger partial charge in [-0.25, -0.2) is 0 Å². The van der Waals surface area contributed by atoms with Crippen molar-refractivity contribution < 1.29 is 9.53 Å². The zero-order valence-electron chi connectivity index (χ0n) is 14.5. The molecule has 6 heteroatoms. The number of amides is 1. The van der Waals surface area contributed by atoms with Crippen molar-refractivity contribution in [3.8, 4) is 0 Å². The fraction of sp³-hybridized carbons (Fsp3) is 0.750. The summed E-state index contributed by atoms with van der Waals surface area (Å²) in [6.45, 7) is 12.3. The van der Waals surface area contributed by atoms with Crippen molar-refractivity contribution >= 4 is 17.7 Å². The predicted octanol–water partition coefficient (Wildman–Crippen LogP) is 2.47. The first-order valence-corrected chi connectivity index (χ1v) is 8.70. The lowest BCUT2D eigenvalue weighted by atomic mass is 10.0. The summed E-state index contributed by atoms with van der Waals surface area (Å²) in [5.74, 6) is 0.703. The van der Waals surface area contributed by atoms with Crippen LogP contribution in [0.4, 0.5) is 0 Å². The van der Waals surface area contributed by atoms with Crippen LogP contribution in [0.5, 0.6) is 0 Å². The van der Waals surface area contributed by atoms with Gasteiger partial charge < -0.3 is 9.64 Å². The van der Waals surface area contributed by atoms with Crippen LogP contribution in [0.3, 0.4) is 0 Å². The van der Waals surface area contributed by atoms with E-state index in [-0.39, 0.29) is 16.7 Å². The van der Waals surface area contributed by atoms with Crippen LogP contribution in [0.15, 0.2) is 0 Å². The second-order valence-electron chi connectivity index (χ2n) is 6.79. The Balaban J connectivity index is 2.19. The normalized spacial score (nSPS) is 19.5. The minimum atomic E-state index is -0.0180. The molecule has 2 heterocycles. The summed E-state index contributed by atoms with van der Waals surface area (Å²) in [4.78, 5) is 14.7. The van der Waals surface area contributed by atoms with Gasteiger partial charge in [-0.2, -0.15) is 5.10 Å². The highest BCUT2D eigenvalue weighted by molar-refractivity contribution is 8.01. The monoisotopic (exact) mass is 325 g/mol. The molecule has 0 aliphatic carbocycles. The van der Waals surface area contributed by atoms with Crippen LogP contribution in [-0.4, -0.2) is 50.8 Å². The number of rotatable bonds is 3. The van der Waals surface area contributed by atoms with Gasteiger partial charge in [0.05, 0.1) is 30.7 Å². The Labute approximate surface area is 137 Å². The maximum absolute atomic E-state index is 12.7. The second-order valence-corrected chi connectivity index (χ2v) is 8.59. The average Bonchev–Trinajstić information content (AvgIpc) is 2.69. The Morgan fingerprint density at radius 2 is 2.09 bits per heavy atom. The van der Waals surface area contributed by atoms with E-state index in [9.17, 15) is 4.79 Å². The molecule has 1 aliphatic heterocycles. The number of thioether (sulfide) groups is 1. The van der Waals surface area contributed by atoms with E-state index in [0.717, 1.165) is 17.0 Å². The van der Waals surface area contributed by atoms with Crippen LogP contribution in [0.1, 0.15) is 43.8 Å². The van der Waals surface area contributed by atoms with Crippen molar-refractivity contribution in [2.75, 3.05) is 25.5 Å². The van der Waals surface area contributed by atoms with Gasteiger partial charge in [0, 0.05) is 29.6 Å². The summed E-state index contributed by atoms with van der Waals surface area (Å²) in [6.07, 6.45) is 0. The summed E-state index contributed by atoms with van der Waals surface area (Å²) >= 11 is 1.69. The fourth-order valence-electron chi connectivity index (χ4n) is 2.77. The number of aromatic nitrogens is 2. The molecule has 0 N–H and O–H groups in total. The highest BCUT2D eigenvalue weighted by Crippen LogP contribution is 2.31. The van der Waals surface area contributed by atoms with Crippen molar-refractivity contribution in [2.45, 2.75) is 45.4 Å². The zero-order chi connectivity index (χ0) is 16.5. The average molecular weight is 325 g/mol. The molecular weight excluding hydrogens is 298 g/mol. The summed E-state index contributed by atoms with van der Waals surface area (Å²) in [7, 11) is 1.94. The molecule has 0 unspecified atom stereocenters. The molecule has 5 nitrogen and oxygen atoms in total. The lowest BCUT2D eigenvalue weighted by Crippen LogP contribution is -2.45. The number of hydrogen-bond acceptors (Lipinski definition) is 4. The molecule has 1 atom stereocenters. The summed E-state index contributed by atoms with van der Waals surface area (Å²) in [5, 5.41) is 4.48. The molecule has 0 radical (unpaired) electrons. The van der Waals surface area contributed by atoms with Gasteiger partial charge in [0.1, 0.15) is 0 Å².